The maximum Gasteiger partial charge on any atom is 0.315 e. The minimum Gasteiger partial charge on any atom is -0.497 e. The molecule has 0 saturated heterocycles. The first-order chi connectivity index (χ1) is 22.5. The van der Waals surface area contributed by atoms with Gasteiger partial charge in [0.15, 0.2) is 0 Å². The second-order valence-electron chi connectivity index (χ2n) is 15.8. The molecule has 0 N–H and O–H groups in total. The maximum atomic E-state index is 14.2. The summed E-state index contributed by atoms with van der Waals surface area (Å²) in [5.74, 6) is 1.66. The van der Waals surface area contributed by atoms with Gasteiger partial charge in [-0.1, -0.05) is 128 Å². The zero-order chi connectivity index (χ0) is 35.1. The van der Waals surface area contributed by atoms with E-state index in [9.17, 15) is 4.79 Å². The monoisotopic (exact) mass is 648 g/mol. The fourth-order valence-corrected chi connectivity index (χ4v) is 6.97. The van der Waals surface area contributed by atoms with Gasteiger partial charge >= 0.3 is 5.97 Å². The van der Waals surface area contributed by atoms with Crippen molar-refractivity contribution < 1.29 is 23.7 Å². The van der Waals surface area contributed by atoms with Crippen molar-refractivity contribution in [3.05, 3.63) is 124 Å². The molecule has 1 aliphatic carbocycles. The highest BCUT2D eigenvalue weighted by Gasteiger charge is 2.63. The first kappa shape index (κ1) is 35.2. The lowest BCUT2D eigenvalue weighted by atomic mass is 9.78. The van der Waals surface area contributed by atoms with E-state index in [4.69, 9.17) is 18.9 Å². The van der Waals surface area contributed by atoms with Crippen LogP contribution < -0.4 is 14.2 Å². The molecule has 4 aromatic carbocycles. The number of methoxy groups -OCH3 is 2. The van der Waals surface area contributed by atoms with Crippen molar-refractivity contribution in [1.29, 1.82) is 0 Å². The fourth-order valence-electron chi connectivity index (χ4n) is 6.97. The first-order valence-corrected chi connectivity index (χ1v) is 16.9. The largest absolute Gasteiger partial charge is 0.497 e. The first-order valence-electron chi connectivity index (χ1n) is 16.9. The van der Waals surface area contributed by atoms with E-state index in [-0.39, 0.29) is 34.1 Å². The molecule has 1 fully saturated rings. The lowest BCUT2D eigenvalue weighted by Gasteiger charge is -2.36. The van der Waals surface area contributed by atoms with Crippen LogP contribution in [-0.2, 0) is 26.0 Å². The number of esters is 1. The molecule has 1 aliphatic rings. The number of benzene rings is 4. The van der Waals surface area contributed by atoms with E-state index in [2.05, 4.69) is 111 Å². The summed E-state index contributed by atoms with van der Waals surface area (Å²) < 4.78 is 24.7. The highest BCUT2D eigenvalue weighted by Crippen LogP contribution is 2.60. The third kappa shape index (κ3) is 6.75. The highest BCUT2D eigenvalue weighted by molar-refractivity contribution is 5.81. The molecule has 2 unspecified atom stereocenters. The molecule has 0 heterocycles. The van der Waals surface area contributed by atoms with Gasteiger partial charge in [-0.05, 0) is 64.1 Å². The Morgan fingerprint density at radius 1 is 0.688 bits per heavy atom. The fraction of sp³-hybridized carbons (Fsp3) is 0.419. The molecule has 0 aliphatic heterocycles. The van der Waals surface area contributed by atoms with Gasteiger partial charge in [0.25, 0.3) is 0 Å². The van der Waals surface area contributed by atoms with Crippen LogP contribution >= 0.6 is 0 Å². The summed E-state index contributed by atoms with van der Waals surface area (Å²) in [7, 11) is 3.33. The molecule has 254 valence electrons. The van der Waals surface area contributed by atoms with E-state index in [0.29, 0.717) is 12.4 Å². The smallest absolute Gasteiger partial charge is 0.315 e. The lowest BCUT2D eigenvalue weighted by molar-refractivity contribution is -0.137. The molecule has 5 nitrogen and oxygen atoms in total. The standard InChI is InChI=1S/C43H52O5/c1-28-25-34(40(2,3)4)38(35(26-28)41(5,6)7)48-39(44)37-36(42(37,8)9)27-47-43(29-15-13-12-14-16-29,30-17-21-32(45-10)22-18-30)31-19-23-33(46-11)24-20-31/h12-26,36-37H,27H2,1-11H3. The molecule has 0 bridgehead atoms. The quantitative estimate of drug-likeness (QED) is 0.0974. The zero-order valence-corrected chi connectivity index (χ0v) is 30.6. The van der Waals surface area contributed by atoms with Crippen LogP contribution in [0, 0.1) is 24.2 Å². The highest BCUT2D eigenvalue weighted by atomic mass is 16.5. The van der Waals surface area contributed by atoms with Gasteiger partial charge in [-0.25, -0.2) is 0 Å². The van der Waals surface area contributed by atoms with E-state index in [1.807, 2.05) is 42.5 Å². The van der Waals surface area contributed by atoms with E-state index < -0.39 is 5.60 Å². The van der Waals surface area contributed by atoms with Crippen LogP contribution in [0.3, 0.4) is 0 Å². The molecule has 0 amide bonds. The minimum absolute atomic E-state index is 0.0498. The van der Waals surface area contributed by atoms with Gasteiger partial charge in [-0.3, -0.25) is 4.79 Å². The predicted molar refractivity (Wildman–Crippen MR) is 193 cm³/mol. The van der Waals surface area contributed by atoms with Crippen molar-refractivity contribution in [3.63, 3.8) is 0 Å². The van der Waals surface area contributed by atoms with Crippen LogP contribution in [0.5, 0.6) is 17.2 Å². The molecular weight excluding hydrogens is 596 g/mol. The Kier molecular flexibility index (Phi) is 9.60. The molecule has 5 heteroatoms. The Morgan fingerprint density at radius 2 is 1.12 bits per heavy atom. The average Bonchev–Trinajstić information content (AvgIpc) is 3.61. The number of aryl methyl sites for hydroxylation is 1. The number of carbonyl (C=O) groups is 1. The third-order valence-electron chi connectivity index (χ3n) is 10.0. The SMILES string of the molecule is COc1ccc(C(OCC2C(C(=O)Oc3c(C(C)(C)C)cc(C)cc3C(C)(C)C)C2(C)C)(c2ccccc2)c2ccc(OC)cc2)cc1. The molecule has 1 saturated carbocycles. The summed E-state index contributed by atoms with van der Waals surface area (Å²) in [5.41, 5.74) is 4.51. The Balaban J connectivity index is 1.53. The topological polar surface area (TPSA) is 54.0 Å². The zero-order valence-electron chi connectivity index (χ0n) is 30.6. The minimum atomic E-state index is -0.956. The third-order valence-corrected chi connectivity index (χ3v) is 10.0. The van der Waals surface area contributed by atoms with Gasteiger partial charge in [-0.15, -0.1) is 0 Å². The van der Waals surface area contributed by atoms with Crippen molar-refractivity contribution >= 4 is 5.97 Å². The number of ether oxygens (including phenoxy) is 4. The van der Waals surface area contributed by atoms with Crippen molar-refractivity contribution in [2.75, 3.05) is 20.8 Å². The second-order valence-corrected chi connectivity index (χ2v) is 15.8. The summed E-state index contributed by atoms with van der Waals surface area (Å²) >= 11 is 0. The Bertz CT molecular complexity index is 1640. The molecular formula is C43H52O5. The van der Waals surface area contributed by atoms with Crippen LogP contribution in [0.2, 0.25) is 0 Å². The summed E-state index contributed by atoms with van der Waals surface area (Å²) in [6, 6.07) is 30.6. The second kappa shape index (κ2) is 13.1. The van der Waals surface area contributed by atoms with Crippen LogP contribution in [0.25, 0.3) is 0 Å². The summed E-state index contributed by atoms with van der Waals surface area (Å²) in [5, 5.41) is 0. The van der Waals surface area contributed by atoms with E-state index in [0.717, 1.165) is 44.9 Å². The Morgan fingerprint density at radius 3 is 1.54 bits per heavy atom. The Hall–Kier alpha value is -4.09. The van der Waals surface area contributed by atoms with Gasteiger partial charge in [-0.2, -0.15) is 0 Å². The summed E-state index contributed by atoms with van der Waals surface area (Å²) in [4.78, 5) is 14.2. The summed E-state index contributed by atoms with van der Waals surface area (Å²) in [6.45, 7) is 19.8. The molecule has 5 rings (SSSR count). The van der Waals surface area contributed by atoms with Gasteiger partial charge in [0.05, 0.1) is 26.7 Å². The number of rotatable bonds is 10. The normalized spacial score (nSPS) is 17.5. The number of hydrogen-bond donors (Lipinski definition) is 0. The van der Waals surface area contributed by atoms with Crippen molar-refractivity contribution in [3.8, 4) is 17.2 Å². The Labute approximate surface area is 287 Å². The molecule has 2 atom stereocenters. The predicted octanol–water partition coefficient (Wildman–Crippen LogP) is 9.79. The maximum absolute atomic E-state index is 14.2. The van der Waals surface area contributed by atoms with Crippen LogP contribution in [0.1, 0.15) is 88.8 Å². The molecule has 4 aromatic rings. The van der Waals surface area contributed by atoms with Gasteiger partial charge < -0.3 is 18.9 Å². The van der Waals surface area contributed by atoms with Gasteiger partial charge in [0.2, 0.25) is 0 Å². The van der Waals surface area contributed by atoms with E-state index in [1.54, 1.807) is 14.2 Å². The van der Waals surface area contributed by atoms with E-state index >= 15 is 0 Å². The molecule has 48 heavy (non-hydrogen) atoms. The number of hydrogen-bond acceptors (Lipinski definition) is 5. The lowest BCUT2D eigenvalue weighted by Crippen LogP contribution is -2.34. The van der Waals surface area contributed by atoms with Gasteiger partial charge in [0.1, 0.15) is 22.8 Å². The van der Waals surface area contributed by atoms with Crippen molar-refractivity contribution in [1.82, 2.24) is 0 Å². The molecule has 0 spiro atoms. The summed E-state index contributed by atoms with van der Waals surface area (Å²) in [6.07, 6.45) is 0. The molecule has 0 aromatic heterocycles. The number of carbonyl (C=O) groups excluding carboxylic acids is 1. The van der Waals surface area contributed by atoms with Crippen LogP contribution in [-0.4, -0.2) is 26.8 Å². The van der Waals surface area contributed by atoms with Crippen molar-refractivity contribution in [2.24, 2.45) is 17.3 Å². The van der Waals surface area contributed by atoms with Crippen LogP contribution in [0.15, 0.2) is 91.0 Å². The van der Waals surface area contributed by atoms with Crippen LogP contribution in [0.4, 0.5) is 0 Å². The molecule has 0 radical (unpaired) electrons. The van der Waals surface area contributed by atoms with Crippen molar-refractivity contribution in [2.45, 2.75) is 78.7 Å². The van der Waals surface area contributed by atoms with Gasteiger partial charge in [0, 0.05) is 17.0 Å². The average molecular weight is 649 g/mol. The van der Waals surface area contributed by atoms with E-state index in [1.165, 1.54) is 0 Å².